The third-order valence-corrected chi connectivity index (χ3v) is 2.55. The van der Waals surface area contributed by atoms with E-state index in [-0.39, 0.29) is 5.82 Å². The van der Waals surface area contributed by atoms with E-state index in [1.54, 1.807) is 26.8 Å². The molecule has 1 amide bonds. The molecular formula is C14H19BrFNO3. The summed E-state index contributed by atoms with van der Waals surface area (Å²) >= 11 is 3.19. The number of carbonyl (C=O) groups excluding carboxylic acids is 1. The van der Waals surface area contributed by atoms with Crippen molar-refractivity contribution in [2.75, 3.05) is 13.2 Å². The van der Waals surface area contributed by atoms with Gasteiger partial charge in [-0.3, -0.25) is 0 Å². The third kappa shape index (κ3) is 7.33. The monoisotopic (exact) mass is 347 g/mol. The number of rotatable bonds is 5. The molecule has 6 heteroatoms. The van der Waals surface area contributed by atoms with Gasteiger partial charge in [0.15, 0.2) is 0 Å². The molecule has 0 unspecified atom stereocenters. The highest BCUT2D eigenvalue weighted by Crippen LogP contribution is 2.20. The molecule has 1 aromatic rings. The van der Waals surface area contributed by atoms with E-state index in [1.165, 1.54) is 12.1 Å². The quantitative estimate of drug-likeness (QED) is 0.822. The number of hydrogen-bond acceptors (Lipinski definition) is 3. The summed E-state index contributed by atoms with van der Waals surface area (Å²) in [6.45, 7) is 6.23. The van der Waals surface area contributed by atoms with Crippen LogP contribution in [0.15, 0.2) is 22.7 Å². The van der Waals surface area contributed by atoms with Gasteiger partial charge in [-0.1, -0.05) is 15.9 Å². The Bertz CT molecular complexity index is 440. The van der Waals surface area contributed by atoms with Crippen LogP contribution in [0.1, 0.15) is 27.2 Å². The first-order valence-electron chi connectivity index (χ1n) is 6.32. The molecule has 0 bridgehead atoms. The zero-order valence-corrected chi connectivity index (χ0v) is 13.4. The van der Waals surface area contributed by atoms with Crippen molar-refractivity contribution in [1.82, 2.24) is 5.32 Å². The molecule has 0 spiro atoms. The van der Waals surface area contributed by atoms with Crippen molar-refractivity contribution >= 4 is 22.0 Å². The Hall–Kier alpha value is -1.30. The van der Waals surface area contributed by atoms with E-state index in [0.717, 1.165) is 0 Å². The maximum atomic E-state index is 13.1. The summed E-state index contributed by atoms with van der Waals surface area (Å²) in [6, 6.07) is 4.35. The first kappa shape index (κ1) is 16.8. The molecule has 20 heavy (non-hydrogen) atoms. The van der Waals surface area contributed by atoms with Gasteiger partial charge in [-0.05, 0) is 39.3 Å². The Balaban J connectivity index is 2.20. The summed E-state index contributed by atoms with van der Waals surface area (Å²) in [5.74, 6) is 0.0930. The lowest BCUT2D eigenvalue weighted by Crippen LogP contribution is -2.33. The van der Waals surface area contributed by atoms with E-state index < -0.39 is 11.7 Å². The van der Waals surface area contributed by atoms with Gasteiger partial charge in [0.2, 0.25) is 0 Å². The fraction of sp³-hybridized carbons (Fsp3) is 0.500. The van der Waals surface area contributed by atoms with Gasteiger partial charge in [0.1, 0.15) is 17.2 Å². The van der Waals surface area contributed by atoms with Crippen molar-refractivity contribution in [1.29, 1.82) is 0 Å². The molecule has 1 rings (SSSR count). The fourth-order valence-electron chi connectivity index (χ4n) is 1.38. The summed E-state index contributed by atoms with van der Waals surface area (Å²) < 4.78 is 24.2. The van der Waals surface area contributed by atoms with Gasteiger partial charge in [0.05, 0.1) is 6.61 Å². The highest BCUT2D eigenvalue weighted by molar-refractivity contribution is 9.10. The van der Waals surface area contributed by atoms with Gasteiger partial charge in [-0.15, -0.1) is 0 Å². The van der Waals surface area contributed by atoms with Crippen LogP contribution in [0.5, 0.6) is 5.75 Å². The normalized spacial score (nSPS) is 11.1. The predicted octanol–water partition coefficient (Wildman–Crippen LogP) is 3.88. The lowest BCUT2D eigenvalue weighted by molar-refractivity contribution is 0.0525. The number of hydrogen-bond donors (Lipinski definition) is 1. The molecular weight excluding hydrogens is 329 g/mol. The maximum Gasteiger partial charge on any atom is 0.407 e. The molecule has 0 aliphatic heterocycles. The van der Waals surface area contributed by atoms with Crippen LogP contribution in [0.25, 0.3) is 0 Å². The van der Waals surface area contributed by atoms with E-state index in [4.69, 9.17) is 9.47 Å². The Morgan fingerprint density at radius 3 is 2.65 bits per heavy atom. The zero-order chi connectivity index (χ0) is 15.2. The van der Waals surface area contributed by atoms with E-state index in [0.29, 0.717) is 29.8 Å². The van der Waals surface area contributed by atoms with Crippen LogP contribution < -0.4 is 10.1 Å². The van der Waals surface area contributed by atoms with E-state index in [1.807, 2.05) is 0 Å². The fourth-order valence-corrected chi connectivity index (χ4v) is 1.82. The van der Waals surface area contributed by atoms with Crippen LogP contribution in [0.3, 0.4) is 0 Å². The molecule has 0 aromatic heterocycles. The first-order chi connectivity index (χ1) is 9.26. The minimum Gasteiger partial charge on any atom is -0.493 e. The highest BCUT2D eigenvalue weighted by Gasteiger charge is 2.15. The SMILES string of the molecule is CC(C)(C)OC(=O)NCCCOc1cc(F)cc(Br)c1. The van der Waals surface area contributed by atoms with Crippen molar-refractivity contribution < 1.29 is 18.7 Å². The zero-order valence-electron chi connectivity index (χ0n) is 11.8. The molecule has 0 heterocycles. The summed E-state index contributed by atoms with van der Waals surface area (Å²) in [5, 5.41) is 2.62. The van der Waals surface area contributed by atoms with E-state index >= 15 is 0 Å². The molecule has 0 fully saturated rings. The number of nitrogens with one attached hydrogen (secondary N) is 1. The molecule has 0 aliphatic rings. The van der Waals surface area contributed by atoms with Crippen LogP contribution in [0.2, 0.25) is 0 Å². The third-order valence-electron chi connectivity index (χ3n) is 2.09. The Kier molecular flexibility index (Phi) is 6.26. The standard InChI is InChI=1S/C14H19BrFNO3/c1-14(2,3)20-13(18)17-5-4-6-19-12-8-10(15)7-11(16)9-12/h7-9H,4-6H2,1-3H3,(H,17,18). The number of benzene rings is 1. The Morgan fingerprint density at radius 2 is 2.05 bits per heavy atom. The second-order valence-corrected chi connectivity index (χ2v) is 6.15. The molecule has 1 aromatic carbocycles. The minimum atomic E-state index is -0.506. The summed E-state index contributed by atoms with van der Waals surface area (Å²) in [6.07, 6.45) is 0.152. The maximum absolute atomic E-state index is 13.1. The largest absolute Gasteiger partial charge is 0.493 e. The van der Waals surface area contributed by atoms with Crippen molar-refractivity contribution in [3.8, 4) is 5.75 Å². The van der Waals surface area contributed by atoms with Gasteiger partial charge < -0.3 is 14.8 Å². The molecule has 0 saturated heterocycles. The lowest BCUT2D eigenvalue weighted by atomic mass is 10.2. The highest BCUT2D eigenvalue weighted by atomic mass is 79.9. The smallest absolute Gasteiger partial charge is 0.407 e. The minimum absolute atomic E-state index is 0.360. The second-order valence-electron chi connectivity index (χ2n) is 5.24. The summed E-state index contributed by atoms with van der Waals surface area (Å²) in [5.41, 5.74) is -0.506. The van der Waals surface area contributed by atoms with E-state index in [2.05, 4.69) is 21.2 Å². The number of amides is 1. The molecule has 4 nitrogen and oxygen atoms in total. The average Bonchev–Trinajstić information content (AvgIpc) is 2.24. The first-order valence-corrected chi connectivity index (χ1v) is 7.11. The van der Waals surface area contributed by atoms with Crippen LogP contribution in [0, 0.1) is 5.82 Å². The van der Waals surface area contributed by atoms with Crippen LogP contribution >= 0.6 is 15.9 Å². The van der Waals surface area contributed by atoms with Gasteiger partial charge in [-0.25, -0.2) is 9.18 Å². The van der Waals surface area contributed by atoms with Crippen LogP contribution in [-0.2, 0) is 4.74 Å². The molecule has 0 saturated carbocycles. The summed E-state index contributed by atoms with van der Waals surface area (Å²) in [4.78, 5) is 11.4. The lowest BCUT2D eigenvalue weighted by Gasteiger charge is -2.19. The average molecular weight is 348 g/mol. The summed E-state index contributed by atoms with van der Waals surface area (Å²) in [7, 11) is 0. The van der Waals surface area contributed by atoms with Crippen LogP contribution in [-0.4, -0.2) is 24.8 Å². The van der Waals surface area contributed by atoms with Crippen molar-refractivity contribution in [3.05, 3.63) is 28.5 Å². The molecule has 1 N–H and O–H groups in total. The molecule has 0 atom stereocenters. The Morgan fingerprint density at radius 1 is 1.35 bits per heavy atom. The molecule has 112 valence electrons. The number of halogens is 2. The van der Waals surface area contributed by atoms with Gasteiger partial charge in [0.25, 0.3) is 0 Å². The van der Waals surface area contributed by atoms with Crippen molar-refractivity contribution in [3.63, 3.8) is 0 Å². The van der Waals surface area contributed by atoms with Crippen molar-refractivity contribution in [2.45, 2.75) is 32.8 Å². The van der Waals surface area contributed by atoms with Crippen molar-refractivity contribution in [2.24, 2.45) is 0 Å². The molecule has 0 aliphatic carbocycles. The van der Waals surface area contributed by atoms with Gasteiger partial charge in [-0.2, -0.15) is 0 Å². The van der Waals surface area contributed by atoms with Crippen LogP contribution in [0.4, 0.5) is 9.18 Å². The van der Waals surface area contributed by atoms with Gasteiger partial charge >= 0.3 is 6.09 Å². The van der Waals surface area contributed by atoms with E-state index in [9.17, 15) is 9.18 Å². The number of ether oxygens (including phenoxy) is 2. The predicted molar refractivity (Wildman–Crippen MR) is 78.4 cm³/mol. The van der Waals surface area contributed by atoms with Gasteiger partial charge in [0, 0.05) is 17.1 Å². The number of alkyl carbamates (subject to hydrolysis) is 1. The number of carbonyl (C=O) groups is 1. The Labute approximate surface area is 126 Å². The second kappa shape index (κ2) is 7.47. The topological polar surface area (TPSA) is 47.6 Å². The molecule has 0 radical (unpaired) electrons.